The fourth-order valence-corrected chi connectivity index (χ4v) is 9.66. The molecule has 0 radical (unpaired) electrons. The topological polar surface area (TPSA) is 140 Å². The molecular weight excluding hydrogens is 752 g/mol. The first-order valence-electron chi connectivity index (χ1n) is 20.7. The lowest BCUT2D eigenvalue weighted by Crippen LogP contribution is -2.54. The molecule has 2 aromatic carbocycles. The van der Waals surface area contributed by atoms with Gasteiger partial charge in [0.2, 0.25) is 11.8 Å². The van der Waals surface area contributed by atoms with Crippen molar-refractivity contribution < 1.29 is 23.6 Å². The second-order valence-corrected chi connectivity index (χ2v) is 16.2. The number of imidazole rings is 1. The standard InChI is InChI=1S/C44H45FN10O4/c45-29-7-3-6-28(24-29)35-10-5-19-53(35)40-16-15-38-46-26-37(55(38)49-40)34-9-4-11-39(47-34)51-22-20-50(21-23-51)27-31-8-1-2-18-52(31)30-12-13-32-33(25-30)44(59)54(43(32)58)36-14-17-41(56)48-42(36)57/h3-4,6-7,9,11-13,15-16,24-26,31,35-36H,1-2,5,8,10,14,17-23,27H2,(H,48,56,57). The van der Waals surface area contributed by atoms with Crippen molar-refractivity contribution in [3.05, 3.63) is 102 Å². The van der Waals surface area contributed by atoms with E-state index in [0.29, 0.717) is 11.1 Å². The molecule has 0 aliphatic carbocycles. The number of aromatic nitrogens is 4. The van der Waals surface area contributed by atoms with Crippen molar-refractivity contribution in [3.8, 4) is 11.4 Å². The average molecular weight is 797 g/mol. The highest BCUT2D eigenvalue weighted by molar-refractivity contribution is 6.23. The Labute approximate surface area is 340 Å². The van der Waals surface area contributed by atoms with Gasteiger partial charge in [0.1, 0.15) is 29.2 Å². The zero-order valence-corrected chi connectivity index (χ0v) is 32.7. The van der Waals surface area contributed by atoms with Crippen molar-refractivity contribution in [2.45, 2.75) is 63.1 Å². The average Bonchev–Trinajstić information content (AvgIpc) is 3.98. The summed E-state index contributed by atoms with van der Waals surface area (Å²) in [5.41, 5.74) is 4.80. The van der Waals surface area contributed by atoms with Crippen LogP contribution in [0, 0.1) is 5.82 Å². The summed E-state index contributed by atoms with van der Waals surface area (Å²) in [6.45, 7) is 5.95. The molecule has 10 rings (SSSR count). The Morgan fingerprint density at radius 3 is 2.41 bits per heavy atom. The van der Waals surface area contributed by atoms with Crippen molar-refractivity contribution in [3.63, 3.8) is 0 Å². The van der Waals surface area contributed by atoms with Gasteiger partial charge in [-0.15, -0.1) is 5.10 Å². The van der Waals surface area contributed by atoms with Crippen molar-refractivity contribution in [2.24, 2.45) is 0 Å². The van der Waals surface area contributed by atoms with E-state index in [9.17, 15) is 23.6 Å². The second kappa shape index (κ2) is 15.2. The van der Waals surface area contributed by atoms with Crippen LogP contribution in [0.5, 0.6) is 0 Å². The predicted octanol–water partition coefficient (Wildman–Crippen LogP) is 4.85. The van der Waals surface area contributed by atoms with Gasteiger partial charge >= 0.3 is 0 Å². The fourth-order valence-electron chi connectivity index (χ4n) is 9.66. The molecule has 0 spiro atoms. The fraction of sp³-hybridized carbons (Fsp3) is 0.386. The summed E-state index contributed by atoms with van der Waals surface area (Å²) in [6.07, 6.45) is 7.16. The van der Waals surface area contributed by atoms with Gasteiger partial charge < -0.3 is 14.7 Å². The molecule has 15 heteroatoms. The van der Waals surface area contributed by atoms with Crippen LogP contribution in [-0.4, -0.2) is 111 Å². The smallest absolute Gasteiger partial charge is 0.262 e. The van der Waals surface area contributed by atoms with E-state index in [1.165, 1.54) is 6.07 Å². The van der Waals surface area contributed by atoms with Crippen molar-refractivity contribution in [1.82, 2.24) is 34.7 Å². The third-order valence-electron chi connectivity index (χ3n) is 12.7. The van der Waals surface area contributed by atoms with E-state index in [0.717, 1.165) is 123 Å². The minimum absolute atomic E-state index is 0.0560. The number of pyridine rings is 1. The lowest BCUT2D eigenvalue weighted by Gasteiger charge is -2.43. The summed E-state index contributed by atoms with van der Waals surface area (Å²) in [5, 5.41) is 7.31. The number of hydrogen-bond donors (Lipinski definition) is 1. The summed E-state index contributed by atoms with van der Waals surface area (Å²) in [4.78, 5) is 71.4. The summed E-state index contributed by atoms with van der Waals surface area (Å²) >= 11 is 0. The highest BCUT2D eigenvalue weighted by atomic mass is 19.1. The molecule has 5 aliphatic heterocycles. The Balaban J connectivity index is 0.807. The Morgan fingerprint density at radius 1 is 0.729 bits per heavy atom. The number of piperidine rings is 2. The number of carbonyl (C=O) groups excluding carboxylic acids is 4. The van der Waals surface area contributed by atoms with Gasteiger partial charge in [0, 0.05) is 64.0 Å². The van der Waals surface area contributed by atoms with E-state index in [4.69, 9.17) is 10.1 Å². The SMILES string of the molecule is O=C1CCC(N2C(=O)c3ccc(N4CCCCC4CN4CCN(c5cccc(-c6cnc7ccc(N8CCCC8c8cccc(F)c8)nn67)n5)CC4)cc3C2=O)C(=O)N1. The molecule has 4 fully saturated rings. The van der Waals surface area contributed by atoms with E-state index < -0.39 is 29.7 Å². The summed E-state index contributed by atoms with van der Waals surface area (Å²) < 4.78 is 16.0. The van der Waals surface area contributed by atoms with Crippen molar-refractivity contribution >= 4 is 46.6 Å². The molecule has 4 amide bonds. The van der Waals surface area contributed by atoms with Gasteiger partial charge in [-0.1, -0.05) is 18.2 Å². The molecule has 5 aliphatic rings. The van der Waals surface area contributed by atoms with E-state index in [1.807, 2.05) is 53.2 Å². The number of nitrogens with one attached hydrogen (secondary N) is 1. The molecule has 1 N–H and O–H groups in total. The highest BCUT2D eigenvalue weighted by Gasteiger charge is 2.45. The second-order valence-electron chi connectivity index (χ2n) is 16.2. The molecule has 59 heavy (non-hydrogen) atoms. The number of nitrogens with zero attached hydrogens (tertiary/aromatic N) is 9. The van der Waals surface area contributed by atoms with Gasteiger partial charge in [0.05, 0.1) is 29.1 Å². The maximum absolute atomic E-state index is 14.1. The lowest BCUT2D eigenvalue weighted by molar-refractivity contribution is -0.136. The van der Waals surface area contributed by atoms with E-state index in [1.54, 1.807) is 18.2 Å². The summed E-state index contributed by atoms with van der Waals surface area (Å²) in [5.74, 6) is -0.470. The number of hydrogen-bond acceptors (Lipinski definition) is 11. The third-order valence-corrected chi connectivity index (χ3v) is 12.7. The third kappa shape index (κ3) is 6.86. The van der Waals surface area contributed by atoms with Gasteiger partial charge in [-0.25, -0.2) is 18.9 Å². The molecule has 0 bridgehead atoms. The van der Waals surface area contributed by atoms with Crippen molar-refractivity contribution in [2.75, 3.05) is 60.5 Å². The van der Waals surface area contributed by atoms with E-state index in [-0.39, 0.29) is 30.7 Å². The molecule has 5 aromatic rings. The van der Waals surface area contributed by atoms with Gasteiger partial charge in [-0.3, -0.25) is 34.3 Å². The Kier molecular flexibility index (Phi) is 9.54. The number of piperazine rings is 1. The number of halogens is 1. The number of benzene rings is 2. The Bertz CT molecular complexity index is 2480. The highest BCUT2D eigenvalue weighted by Crippen LogP contribution is 2.37. The monoisotopic (exact) mass is 796 g/mol. The summed E-state index contributed by atoms with van der Waals surface area (Å²) in [6, 6.07) is 21.7. The normalized spacial score (nSPS) is 22.8. The van der Waals surface area contributed by atoms with Gasteiger partial charge in [0.25, 0.3) is 11.8 Å². The van der Waals surface area contributed by atoms with Crippen LogP contribution < -0.4 is 20.0 Å². The number of amides is 4. The molecule has 3 atom stereocenters. The molecule has 0 saturated carbocycles. The number of fused-ring (bicyclic) bond motifs is 2. The van der Waals surface area contributed by atoms with Gasteiger partial charge in [-0.2, -0.15) is 0 Å². The zero-order chi connectivity index (χ0) is 40.2. The van der Waals surface area contributed by atoms with Gasteiger partial charge in [0.15, 0.2) is 5.65 Å². The van der Waals surface area contributed by atoms with Crippen LogP contribution in [0.2, 0.25) is 0 Å². The van der Waals surface area contributed by atoms with Crippen LogP contribution >= 0.6 is 0 Å². The van der Waals surface area contributed by atoms with Crippen LogP contribution in [0.4, 0.5) is 21.7 Å². The first kappa shape index (κ1) is 37.1. The van der Waals surface area contributed by atoms with Gasteiger partial charge in [-0.05, 0) is 98.7 Å². The Morgan fingerprint density at radius 2 is 1.56 bits per heavy atom. The first-order chi connectivity index (χ1) is 28.8. The quantitative estimate of drug-likeness (QED) is 0.216. The maximum atomic E-state index is 14.1. The number of carbonyl (C=O) groups is 4. The molecule has 4 saturated heterocycles. The van der Waals surface area contributed by atoms with Crippen LogP contribution in [0.1, 0.15) is 77.3 Å². The molecule has 302 valence electrons. The van der Waals surface area contributed by atoms with E-state index >= 15 is 0 Å². The Hall–Kier alpha value is -6.22. The van der Waals surface area contributed by atoms with Crippen LogP contribution in [0.15, 0.2) is 79.0 Å². The lowest BCUT2D eigenvalue weighted by atomic mass is 9.99. The largest absolute Gasteiger partial charge is 0.367 e. The minimum atomic E-state index is -0.984. The van der Waals surface area contributed by atoms with Crippen LogP contribution in [0.25, 0.3) is 17.0 Å². The van der Waals surface area contributed by atoms with E-state index in [2.05, 4.69) is 36.0 Å². The zero-order valence-electron chi connectivity index (χ0n) is 32.7. The molecule has 8 heterocycles. The summed E-state index contributed by atoms with van der Waals surface area (Å²) in [7, 11) is 0. The van der Waals surface area contributed by atoms with Crippen LogP contribution in [0.3, 0.4) is 0 Å². The predicted molar refractivity (Wildman–Crippen MR) is 219 cm³/mol. The van der Waals surface area contributed by atoms with Crippen molar-refractivity contribution in [1.29, 1.82) is 0 Å². The first-order valence-corrected chi connectivity index (χ1v) is 20.7. The van der Waals surface area contributed by atoms with Crippen LogP contribution in [-0.2, 0) is 9.59 Å². The molecule has 3 unspecified atom stereocenters. The molecule has 3 aromatic heterocycles. The minimum Gasteiger partial charge on any atom is -0.367 e. The molecule has 14 nitrogen and oxygen atoms in total. The molecular formula is C44H45FN10O4. The number of imide groups is 2. The number of anilines is 3. The number of rotatable bonds is 8. The maximum Gasteiger partial charge on any atom is 0.262 e.